The molecule has 0 bridgehead atoms. The third-order valence-corrected chi connectivity index (χ3v) is 3.40. The monoisotopic (exact) mass is 315 g/mol. The zero-order chi connectivity index (χ0) is 16.4. The Kier molecular flexibility index (Phi) is 3.89. The highest BCUT2D eigenvalue weighted by atomic mass is 19.1. The molecule has 0 aliphatic rings. The lowest BCUT2D eigenvalue weighted by Gasteiger charge is -2.11. The Morgan fingerprint density at radius 3 is 2.48 bits per heavy atom. The van der Waals surface area contributed by atoms with Crippen molar-refractivity contribution in [1.29, 1.82) is 0 Å². The van der Waals surface area contributed by atoms with Crippen LogP contribution in [0, 0.1) is 11.6 Å². The highest BCUT2D eigenvalue weighted by Gasteiger charge is 2.14. The van der Waals surface area contributed by atoms with E-state index >= 15 is 0 Å². The minimum atomic E-state index is -1.09. The van der Waals surface area contributed by atoms with Crippen LogP contribution in [0.25, 0.3) is 10.9 Å². The number of carbonyl (C=O) groups is 1. The molecule has 116 valence electrons. The Hall–Kier alpha value is -3.02. The Morgan fingerprint density at radius 1 is 1.09 bits per heavy atom. The number of benzene rings is 2. The number of ether oxygens (including phenoxy) is 1. The topological polar surface area (TPSA) is 59.4 Å². The van der Waals surface area contributed by atoms with E-state index in [-0.39, 0.29) is 23.5 Å². The minimum absolute atomic E-state index is 0.0810. The van der Waals surface area contributed by atoms with Crippen molar-refractivity contribution in [3.63, 3.8) is 0 Å². The second-order valence-electron chi connectivity index (χ2n) is 4.80. The molecular formula is C17H11F2NO3. The van der Waals surface area contributed by atoms with Crippen LogP contribution in [-0.4, -0.2) is 16.1 Å². The summed E-state index contributed by atoms with van der Waals surface area (Å²) in [6.07, 6.45) is 1.35. The summed E-state index contributed by atoms with van der Waals surface area (Å²) >= 11 is 0. The summed E-state index contributed by atoms with van der Waals surface area (Å²) in [4.78, 5) is 15.3. The fraction of sp³-hybridized carbons (Fsp3) is 0.0588. The number of halogens is 2. The average Bonchev–Trinajstić information content (AvgIpc) is 2.53. The predicted molar refractivity (Wildman–Crippen MR) is 79.4 cm³/mol. The van der Waals surface area contributed by atoms with Gasteiger partial charge in [-0.3, -0.25) is 4.98 Å². The van der Waals surface area contributed by atoms with Gasteiger partial charge < -0.3 is 9.84 Å². The van der Waals surface area contributed by atoms with Crippen LogP contribution in [0.1, 0.15) is 15.9 Å². The number of carboxylic acid groups (broad SMARTS) is 1. The first kappa shape index (κ1) is 14.9. The van der Waals surface area contributed by atoms with Gasteiger partial charge in [0.05, 0.1) is 11.1 Å². The first-order valence-corrected chi connectivity index (χ1v) is 6.74. The number of carboxylic acids is 1. The second-order valence-corrected chi connectivity index (χ2v) is 4.80. The van der Waals surface area contributed by atoms with Gasteiger partial charge in [0.25, 0.3) is 0 Å². The average molecular weight is 315 g/mol. The number of aromatic carboxylic acids is 1. The summed E-state index contributed by atoms with van der Waals surface area (Å²) in [5.74, 6) is -2.24. The smallest absolute Gasteiger partial charge is 0.336 e. The molecule has 0 spiro atoms. The third kappa shape index (κ3) is 2.83. The zero-order valence-corrected chi connectivity index (χ0v) is 11.8. The first-order chi connectivity index (χ1) is 11.1. The van der Waals surface area contributed by atoms with E-state index in [4.69, 9.17) is 4.74 Å². The lowest BCUT2D eigenvalue weighted by molar-refractivity contribution is 0.0699. The van der Waals surface area contributed by atoms with Crippen molar-refractivity contribution in [2.45, 2.75) is 6.61 Å². The van der Waals surface area contributed by atoms with Crippen LogP contribution >= 0.6 is 0 Å². The molecule has 0 aliphatic carbocycles. The van der Waals surface area contributed by atoms with Gasteiger partial charge in [-0.25, -0.2) is 13.6 Å². The van der Waals surface area contributed by atoms with Gasteiger partial charge in [-0.1, -0.05) is 18.2 Å². The molecule has 0 amide bonds. The lowest BCUT2D eigenvalue weighted by atomic mass is 10.1. The highest BCUT2D eigenvalue weighted by molar-refractivity contribution is 6.03. The van der Waals surface area contributed by atoms with Crippen LogP contribution in [0.2, 0.25) is 0 Å². The van der Waals surface area contributed by atoms with Gasteiger partial charge in [-0.05, 0) is 24.3 Å². The molecule has 3 rings (SSSR count). The number of rotatable bonds is 4. The van der Waals surface area contributed by atoms with Crippen LogP contribution in [0.15, 0.2) is 48.7 Å². The maximum absolute atomic E-state index is 13.6. The van der Waals surface area contributed by atoms with Crippen LogP contribution in [0.5, 0.6) is 5.75 Å². The van der Waals surface area contributed by atoms with Crippen LogP contribution in [0.4, 0.5) is 8.78 Å². The number of fused-ring (bicyclic) bond motifs is 1. The molecule has 0 saturated heterocycles. The number of hydrogen-bond donors (Lipinski definition) is 1. The largest absolute Gasteiger partial charge is 0.486 e. The van der Waals surface area contributed by atoms with Gasteiger partial charge in [0, 0.05) is 11.6 Å². The summed E-state index contributed by atoms with van der Waals surface area (Å²) in [7, 11) is 0. The molecule has 4 nitrogen and oxygen atoms in total. The number of hydrogen-bond acceptors (Lipinski definition) is 3. The molecule has 6 heteroatoms. The van der Waals surface area contributed by atoms with Gasteiger partial charge >= 0.3 is 5.97 Å². The van der Waals surface area contributed by atoms with Crippen LogP contribution in [0.3, 0.4) is 0 Å². The summed E-state index contributed by atoms with van der Waals surface area (Å²) in [6, 6.07) is 9.71. The summed E-state index contributed by atoms with van der Waals surface area (Å²) in [6.45, 7) is -0.323. The first-order valence-electron chi connectivity index (χ1n) is 6.74. The molecule has 0 radical (unpaired) electrons. The van der Waals surface area contributed by atoms with Crippen molar-refractivity contribution < 1.29 is 23.4 Å². The van der Waals surface area contributed by atoms with Crippen LogP contribution < -0.4 is 4.74 Å². The van der Waals surface area contributed by atoms with E-state index < -0.39 is 17.6 Å². The molecule has 2 aromatic carbocycles. The standard InChI is InChI=1S/C17H11F2NO3/c18-13-4-2-5-14(19)12(13)9-23-15-6-1-3-10-11(17(21)22)7-8-20-16(10)15/h1-8H,9H2,(H,21,22). The molecule has 23 heavy (non-hydrogen) atoms. The molecule has 0 saturated carbocycles. The van der Waals surface area contributed by atoms with E-state index in [1.807, 2.05) is 0 Å². The van der Waals surface area contributed by atoms with Gasteiger partial charge in [0.2, 0.25) is 0 Å². The molecular weight excluding hydrogens is 304 g/mol. The van der Waals surface area contributed by atoms with E-state index in [1.165, 1.54) is 18.3 Å². The molecule has 0 fully saturated rings. The summed E-state index contributed by atoms with van der Waals surface area (Å²) in [5, 5.41) is 9.58. The van der Waals surface area contributed by atoms with Gasteiger partial charge in [0.15, 0.2) is 0 Å². The van der Waals surface area contributed by atoms with E-state index in [1.54, 1.807) is 18.2 Å². The van der Waals surface area contributed by atoms with E-state index in [0.29, 0.717) is 10.9 Å². The highest BCUT2D eigenvalue weighted by Crippen LogP contribution is 2.27. The van der Waals surface area contributed by atoms with Crippen molar-refractivity contribution in [1.82, 2.24) is 4.98 Å². The molecule has 3 aromatic rings. The summed E-state index contributed by atoms with van der Waals surface area (Å²) < 4.78 is 32.7. The lowest BCUT2D eigenvalue weighted by Crippen LogP contribution is -2.03. The van der Waals surface area contributed by atoms with Gasteiger partial charge in [-0.15, -0.1) is 0 Å². The number of nitrogens with zero attached hydrogens (tertiary/aromatic N) is 1. The van der Waals surface area contributed by atoms with Crippen molar-refractivity contribution in [3.8, 4) is 5.75 Å². The van der Waals surface area contributed by atoms with Crippen molar-refractivity contribution in [3.05, 3.63) is 71.4 Å². The molecule has 1 N–H and O–H groups in total. The Balaban J connectivity index is 1.98. The predicted octanol–water partition coefficient (Wildman–Crippen LogP) is 3.79. The van der Waals surface area contributed by atoms with Crippen molar-refractivity contribution in [2.75, 3.05) is 0 Å². The molecule has 1 aromatic heterocycles. The molecule has 1 heterocycles. The zero-order valence-electron chi connectivity index (χ0n) is 11.8. The Labute approximate surface area is 130 Å². The van der Waals surface area contributed by atoms with E-state index in [2.05, 4.69) is 4.98 Å². The second kappa shape index (κ2) is 6.00. The quantitative estimate of drug-likeness (QED) is 0.796. The van der Waals surface area contributed by atoms with Crippen LogP contribution in [-0.2, 0) is 6.61 Å². The Morgan fingerprint density at radius 2 is 1.78 bits per heavy atom. The SMILES string of the molecule is O=C(O)c1ccnc2c(OCc3c(F)cccc3F)cccc12. The van der Waals surface area contributed by atoms with E-state index in [0.717, 1.165) is 12.1 Å². The van der Waals surface area contributed by atoms with E-state index in [9.17, 15) is 18.7 Å². The van der Waals surface area contributed by atoms with Gasteiger partial charge in [0.1, 0.15) is 29.5 Å². The number of pyridine rings is 1. The fourth-order valence-electron chi connectivity index (χ4n) is 2.27. The summed E-state index contributed by atoms with van der Waals surface area (Å²) in [5.41, 5.74) is 0.209. The molecule has 0 atom stereocenters. The number of para-hydroxylation sites is 1. The van der Waals surface area contributed by atoms with Crippen molar-refractivity contribution in [2.24, 2.45) is 0 Å². The number of aromatic nitrogens is 1. The normalized spacial score (nSPS) is 10.7. The maximum atomic E-state index is 13.6. The third-order valence-electron chi connectivity index (χ3n) is 3.40. The maximum Gasteiger partial charge on any atom is 0.336 e. The molecule has 0 aliphatic heterocycles. The van der Waals surface area contributed by atoms with Gasteiger partial charge in [-0.2, -0.15) is 0 Å². The Bertz CT molecular complexity index is 876. The fourth-order valence-corrected chi connectivity index (χ4v) is 2.27. The minimum Gasteiger partial charge on any atom is -0.486 e. The molecule has 0 unspecified atom stereocenters. The van der Waals surface area contributed by atoms with Crippen molar-refractivity contribution >= 4 is 16.9 Å².